The summed E-state index contributed by atoms with van der Waals surface area (Å²) in [5.41, 5.74) is 14.1. The Bertz CT molecular complexity index is 2260. The van der Waals surface area contributed by atoms with Gasteiger partial charge in [0.15, 0.2) is 0 Å². The Hall–Kier alpha value is -4.47. The van der Waals surface area contributed by atoms with Gasteiger partial charge in [0, 0.05) is 35.0 Å². The summed E-state index contributed by atoms with van der Waals surface area (Å²) in [4.78, 5) is 4.77. The van der Waals surface area contributed by atoms with Gasteiger partial charge in [-0.05, 0) is 109 Å². The Labute approximate surface area is 291 Å². The van der Waals surface area contributed by atoms with Gasteiger partial charge in [0.2, 0.25) is 0 Å². The molecular formula is C41H38N4OPt. The molecule has 7 aromatic rings. The summed E-state index contributed by atoms with van der Waals surface area (Å²) in [6.07, 6.45) is 5.93. The van der Waals surface area contributed by atoms with Crippen molar-refractivity contribution in [2.24, 2.45) is 0 Å². The number of nitrogens with zero attached hydrogens (tertiary/aromatic N) is 4. The van der Waals surface area contributed by atoms with Crippen molar-refractivity contribution >= 4 is 21.8 Å². The van der Waals surface area contributed by atoms with Crippen molar-refractivity contribution in [3.05, 3.63) is 130 Å². The second-order valence-electron chi connectivity index (χ2n) is 12.7. The number of hydrogen-bond acceptors (Lipinski definition) is 3. The first-order chi connectivity index (χ1) is 22.1. The minimum absolute atomic E-state index is 0. The van der Waals surface area contributed by atoms with Crippen LogP contribution in [0.3, 0.4) is 0 Å². The fourth-order valence-corrected chi connectivity index (χ4v) is 6.56. The molecule has 0 aliphatic heterocycles. The van der Waals surface area contributed by atoms with E-state index in [1.807, 2.05) is 29.2 Å². The van der Waals surface area contributed by atoms with Gasteiger partial charge in [-0.25, -0.2) is 4.98 Å². The first-order valence-electron chi connectivity index (χ1n) is 15.9. The van der Waals surface area contributed by atoms with Crippen LogP contribution in [0.1, 0.15) is 58.7 Å². The van der Waals surface area contributed by atoms with E-state index in [-0.39, 0.29) is 21.1 Å². The van der Waals surface area contributed by atoms with Crippen molar-refractivity contribution in [1.29, 1.82) is 0 Å². The average Bonchev–Trinajstić information content (AvgIpc) is 3.66. The van der Waals surface area contributed by atoms with Crippen LogP contribution in [0, 0.1) is 53.7 Å². The molecule has 0 saturated carbocycles. The molecular weight excluding hydrogens is 760 g/mol. The number of para-hydroxylation sites is 1. The molecule has 0 fully saturated rings. The van der Waals surface area contributed by atoms with Gasteiger partial charge in [-0.2, -0.15) is 16.7 Å². The first-order valence-corrected chi connectivity index (χ1v) is 15.9. The predicted molar refractivity (Wildman–Crippen MR) is 188 cm³/mol. The molecule has 6 heteroatoms. The molecule has 0 saturated heterocycles. The number of hydrogen-bond donors (Lipinski definition) is 0. The average molecular weight is 798 g/mol. The fourth-order valence-electron chi connectivity index (χ4n) is 6.56. The number of rotatable bonds is 6. The molecule has 7 rings (SSSR count). The van der Waals surface area contributed by atoms with Gasteiger partial charge in [0.05, 0.1) is 6.20 Å². The predicted octanol–water partition coefficient (Wildman–Crippen LogP) is 10.4. The van der Waals surface area contributed by atoms with Crippen LogP contribution in [-0.4, -0.2) is 19.3 Å². The number of fused-ring (bicyclic) bond motifs is 3. The Kier molecular flexibility index (Phi) is 8.72. The van der Waals surface area contributed by atoms with Crippen molar-refractivity contribution in [1.82, 2.24) is 19.3 Å². The summed E-state index contributed by atoms with van der Waals surface area (Å²) in [6, 6.07) is 27.9. The van der Waals surface area contributed by atoms with Crippen LogP contribution >= 0.6 is 0 Å². The van der Waals surface area contributed by atoms with E-state index in [1.54, 1.807) is 0 Å². The maximum Gasteiger partial charge on any atom is 2.00 e. The molecule has 0 amide bonds. The largest absolute Gasteiger partial charge is 2.00 e. The summed E-state index contributed by atoms with van der Waals surface area (Å²) in [5.74, 6) is 2.49. The van der Waals surface area contributed by atoms with Crippen LogP contribution in [-0.2, 0) is 21.1 Å². The minimum atomic E-state index is 0. The maximum absolute atomic E-state index is 6.47. The van der Waals surface area contributed by atoms with Gasteiger partial charge in [-0.15, -0.1) is 35.7 Å². The van der Waals surface area contributed by atoms with Crippen LogP contribution in [0.5, 0.6) is 11.5 Å². The number of pyridine rings is 1. The Morgan fingerprint density at radius 1 is 0.745 bits per heavy atom. The number of ether oxygens (including phenoxy) is 1. The summed E-state index contributed by atoms with van der Waals surface area (Å²) in [6.45, 7) is 17.5. The first kappa shape index (κ1) is 32.5. The number of benzene rings is 4. The van der Waals surface area contributed by atoms with E-state index in [9.17, 15) is 0 Å². The molecule has 47 heavy (non-hydrogen) atoms. The van der Waals surface area contributed by atoms with Crippen molar-refractivity contribution in [2.75, 3.05) is 0 Å². The van der Waals surface area contributed by atoms with E-state index in [0.717, 1.165) is 44.4 Å². The molecule has 0 spiro atoms. The third-order valence-electron chi connectivity index (χ3n) is 9.53. The van der Waals surface area contributed by atoms with Crippen molar-refractivity contribution in [3.63, 3.8) is 0 Å². The maximum atomic E-state index is 6.47. The normalized spacial score (nSPS) is 11.4. The van der Waals surface area contributed by atoms with Crippen molar-refractivity contribution in [3.8, 4) is 34.1 Å². The topological polar surface area (TPSA) is 44.9 Å². The van der Waals surface area contributed by atoms with Crippen LogP contribution in [0.4, 0.5) is 0 Å². The smallest absolute Gasteiger partial charge is 0.509 e. The zero-order valence-electron chi connectivity index (χ0n) is 28.1. The Morgan fingerprint density at radius 3 is 2.21 bits per heavy atom. The second-order valence-corrected chi connectivity index (χ2v) is 12.7. The summed E-state index contributed by atoms with van der Waals surface area (Å²) in [7, 11) is 0. The van der Waals surface area contributed by atoms with Crippen LogP contribution < -0.4 is 4.74 Å². The van der Waals surface area contributed by atoms with Gasteiger partial charge in [-0.1, -0.05) is 44.5 Å². The molecule has 3 heterocycles. The molecule has 0 unspecified atom stereocenters. The van der Waals surface area contributed by atoms with E-state index in [4.69, 9.17) is 14.8 Å². The van der Waals surface area contributed by atoms with Gasteiger partial charge in [0.25, 0.3) is 0 Å². The monoisotopic (exact) mass is 797 g/mol. The molecule has 4 aromatic carbocycles. The van der Waals surface area contributed by atoms with E-state index in [2.05, 4.69) is 127 Å². The summed E-state index contributed by atoms with van der Waals surface area (Å²) >= 11 is 0. The molecule has 5 nitrogen and oxygen atoms in total. The molecule has 3 aromatic heterocycles. The van der Waals surface area contributed by atoms with Gasteiger partial charge in [-0.3, -0.25) is 4.68 Å². The number of aryl methyl sites for hydroxylation is 1. The minimum Gasteiger partial charge on any atom is -0.509 e. The molecule has 0 atom stereocenters. The van der Waals surface area contributed by atoms with Crippen LogP contribution in [0.2, 0.25) is 0 Å². The summed E-state index contributed by atoms with van der Waals surface area (Å²) < 4.78 is 10.5. The SMILES string of the molecule is Cc1cc(Oc2[c-]c3c(cc2)c2ccccc2n3-c2cc(C(C)C)ccn2)[c-]c(-n2cc(-c3c(C)c(C)c(C)c(C)c3C)cn2)c1.[Pt+2]. The molecule has 0 bridgehead atoms. The van der Waals surface area contributed by atoms with E-state index >= 15 is 0 Å². The van der Waals surface area contributed by atoms with E-state index in [0.29, 0.717) is 17.4 Å². The van der Waals surface area contributed by atoms with Gasteiger partial charge < -0.3 is 9.30 Å². The van der Waals surface area contributed by atoms with Crippen molar-refractivity contribution < 1.29 is 25.8 Å². The van der Waals surface area contributed by atoms with Crippen LogP contribution in [0.15, 0.2) is 79.3 Å². The third kappa shape index (κ3) is 5.72. The van der Waals surface area contributed by atoms with Crippen LogP contribution in [0.25, 0.3) is 44.4 Å². The quantitative estimate of drug-likeness (QED) is 0.158. The fraction of sp³-hybridized carbons (Fsp3) is 0.220. The Balaban J connectivity index is 0.00000386. The molecule has 0 N–H and O–H groups in total. The van der Waals surface area contributed by atoms with Gasteiger partial charge in [0.1, 0.15) is 5.82 Å². The third-order valence-corrected chi connectivity index (χ3v) is 9.53. The second kappa shape index (κ2) is 12.6. The summed E-state index contributed by atoms with van der Waals surface area (Å²) in [5, 5.41) is 7.01. The van der Waals surface area contributed by atoms with E-state index in [1.165, 1.54) is 38.9 Å². The number of aromatic nitrogens is 4. The molecule has 0 aliphatic rings. The van der Waals surface area contributed by atoms with Crippen molar-refractivity contribution in [2.45, 2.75) is 61.3 Å². The van der Waals surface area contributed by atoms with E-state index < -0.39 is 0 Å². The zero-order chi connectivity index (χ0) is 32.3. The standard InChI is InChI=1S/C41H38N4O.Pt/c1-24(2)31-15-16-42-40(19-31)45-38-12-10-9-11-36(38)37-14-13-34(21-39(37)45)46-35-18-25(3)17-33(20-35)44-23-32(22-43-44)41-29(7)27(5)26(4)28(6)30(41)8;/h9-19,22-24H,1-8H3;/q-2;+2. The molecule has 0 radical (unpaired) electrons. The Morgan fingerprint density at radius 2 is 1.47 bits per heavy atom. The van der Waals surface area contributed by atoms with Gasteiger partial charge >= 0.3 is 21.1 Å². The molecule has 0 aliphatic carbocycles. The molecule has 238 valence electrons. The zero-order valence-corrected chi connectivity index (χ0v) is 30.4.